The van der Waals surface area contributed by atoms with Crippen LogP contribution in [0, 0.1) is 0 Å². The fourth-order valence-electron chi connectivity index (χ4n) is 3.84. The van der Waals surface area contributed by atoms with E-state index in [1.165, 1.54) is 17.0 Å². The Morgan fingerprint density at radius 1 is 1.12 bits per heavy atom. The van der Waals surface area contributed by atoms with Crippen molar-refractivity contribution in [1.82, 2.24) is 14.5 Å². The van der Waals surface area contributed by atoms with Crippen LogP contribution in [0.4, 0.5) is 10.5 Å². The maximum Gasteiger partial charge on any atom is 0.325 e. The Morgan fingerprint density at radius 2 is 1.85 bits per heavy atom. The fourth-order valence-corrected chi connectivity index (χ4v) is 3.84. The standard InChI is InChI=1S/C18H19N5O3/c19-16(25)18-7-1-2-9-23(18)17(26)22(12-18)14-5-3-13(4-6-14)21-10-8-20-11-15(21)24/h3-6,8,10-11H,1-2,7,9,12H2,(H2,19,25)/t18-/m1/s1. The molecule has 2 N–H and O–H groups in total. The third-order valence-electron chi connectivity index (χ3n) is 5.24. The molecule has 1 aromatic carbocycles. The van der Waals surface area contributed by atoms with Gasteiger partial charge in [-0.1, -0.05) is 0 Å². The number of nitrogens with two attached hydrogens (primary N) is 1. The van der Waals surface area contributed by atoms with Gasteiger partial charge in [0.2, 0.25) is 5.91 Å². The highest BCUT2D eigenvalue weighted by Crippen LogP contribution is 2.37. The first-order valence-corrected chi connectivity index (χ1v) is 8.55. The topological polar surface area (TPSA) is 102 Å². The SMILES string of the molecule is NC(=O)[C@]12CCCCN1C(=O)N(c1ccc(-n3ccncc3=O)cc1)C2. The summed E-state index contributed by atoms with van der Waals surface area (Å²) in [5.41, 5.74) is 5.86. The third-order valence-corrected chi connectivity index (χ3v) is 5.24. The van der Waals surface area contributed by atoms with Crippen LogP contribution in [0.1, 0.15) is 19.3 Å². The van der Waals surface area contributed by atoms with E-state index in [0.717, 1.165) is 12.8 Å². The molecule has 0 spiro atoms. The smallest absolute Gasteiger partial charge is 0.325 e. The maximum atomic E-state index is 12.8. The van der Waals surface area contributed by atoms with Crippen LogP contribution >= 0.6 is 0 Å². The van der Waals surface area contributed by atoms with Crippen LogP contribution in [-0.4, -0.2) is 45.0 Å². The number of fused-ring (bicyclic) bond motifs is 1. The average molecular weight is 353 g/mol. The predicted octanol–water partition coefficient (Wildman–Crippen LogP) is 0.882. The molecule has 134 valence electrons. The largest absolute Gasteiger partial charge is 0.368 e. The minimum Gasteiger partial charge on any atom is -0.368 e. The number of benzene rings is 1. The van der Waals surface area contributed by atoms with Gasteiger partial charge in [0, 0.05) is 30.3 Å². The predicted molar refractivity (Wildman–Crippen MR) is 95.1 cm³/mol. The molecule has 2 fully saturated rings. The zero-order valence-corrected chi connectivity index (χ0v) is 14.2. The molecule has 4 rings (SSSR count). The Kier molecular flexibility index (Phi) is 3.75. The van der Waals surface area contributed by atoms with Crippen molar-refractivity contribution in [3.63, 3.8) is 0 Å². The second kappa shape index (κ2) is 5.98. The zero-order chi connectivity index (χ0) is 18.3. The molecular formula is C18H19N5O3. The number of urea groups is 1. The number of aromatic nitrogens is 2. The Morgan fingerprint density at radius 3 is 2.50 bits per heavy atom. The van der Waals surface area contributed by atoms with E-state index < -0.39 is 11.4 Å². The van der Waals surface area contributed by atoms with Gasteiger partial charge in [0.1, 0.15) is 5.54 Å². The number of primary amides is 1. The van der Waals surface area contributed by atoms with Crippen molar-refractivity contribution in [2.45, 2.75) is 24.8 Å². The van der Waals surface area contributed by atoms with Gasteiger partial charge in [-0.2, -0.15) is 0 Å². The Hall–Kier alpha value is -3.16. The zero-order valence-electron chi connectivity index (χ0n) is 14.2. The van der Waals surface area contributed by atoms with E-state index in [2.05, 4.69) is 4.98 Å². The maximum absolute atomic E-state index is 12.8. The Balaban J connectivity index is 1.66. The molecule has 0 aliphatic carbocycles. The van der Waals surface area contributed by atoms with Gasteiger partial charge in [-0.3, -0.25) is 24.0 Å². The number of anilines is 1. The minimum atomic E-state index is -0.921. The van der Waals surface area contributed by atoms with Gasteiger partial charge in [-0.25, -0.2) is 4.79 Å². The van der Waals surface area contributed by atoms with Crippen molar-refractivity contribution in [1.29, 1.82) is 0 Å². The molecule has 8 nitrogen and oxygen atoms in total. The second-order valence-electron chi connectivity index (χ2n) is 6.67. The summed E-state index contributed by atoms with van der Waals surface area (Å²) in [6.07, 6.45) is 6.71. The lowest BCUT2D eigenvalue weighted by Crippen LogP contribution is -2.58. The molecule has 0 unspecified atom stereocenters. The first kappa shape index (κ1) is 16.3. The molecular weight excluding hydrogens is 334 g/mol. The fraction of sp³-hybridized carbons (Fsp3) is 0.333. The summed E-state index contributed by atoms with van der Waals surface area (Å²) in [5, 5.41) is 0. The summed E-state index contributed by atoms with van der Waals surface area (Å²) in [6, 6.07) is 6.87. The molecule has 1 aromatic heterocycles. The lowest BCUT2D eigenvalue weighted by molar-refractivity contribution is -0.128. The molecule has 0 radical (unpaired) electrons. The van der Waals surface area contributed by atoms with E-state index in [-0.39, 0.29) is 18.1 Å². The number of hydrogen-bond acceptors (Lipinski definition) is 4. The summed E-state index contributed by atoms with van der Waals surface area (Å²) < 4.78 is 1.47. The van der Waals surface area contributed by atoms with Gasteiger partial charge >= 0.3 is 6.03 Å². The first-order valence-electron chi connectivity index (χ1n) is 8.55. The van der Waals surface area contributed by atoms with Crippen LogP contribution in [0.3, 0.4) is 0 Å². The van der Waals surface area contributed by atoms with E-state index >= 15 is 0 Å². The van der Waals surface area contributed by atoms with Crippen molar-refractivity contribution in [3.05, 3.63) is 53.2 Å². The van der Waals surface area contributed by atoms with Crippen LogP contribution < -0.4 is 16.2 Å². The summed E-state index contributed by atoms with van der Waals surface area (Å²) in [5.74, 6) is -0.451. The van der Waals surface area contributed by atoms with Gasteiger partial charge in [0.25, 0.3) is 5.56 Å². The van der Waals surface area contributed by atoms with E-state index in [4.69, 9.17) is 5.73 Å². The first-order chi connectivity index (χ1) is 12.5. The molecule has 3 amide bonds. The van der Waals surface area contributed by atoms with Gasteiger partial charge in [-0.05, 0) is 43.5 Å². The molecule has 26 heavy (non-hydrogen) atoms. The molecule has 0 saturated carbocycles. The third kappa shape index (κ3) is 2.37. The molecule has 2 saturated heterocycles. The van der Waals surface area contributed by atoms with Gasteiger partial charge in [0.15, 0.2) is 0 Å². The van der Waals surface area contributed by atoms with E-state index in [1.807, 2.05) is 0 Å². The van der Waals surface area contributed by atoms with Crippen LogP contribution in [0.2, 0.25) is 0 Å². The number of rotatable bonds is 3. The highest BCUT2D eigenvalue weighted by atomic mass is 16.2. The normalized spacial score (nSPS) is 22.4. The van der Waals surface area contributed by atoms with E-state index in [0.29, 0.717) is 24.3 Å². The number of carbonyl (C=O) groups is 2. The quantitative estimate of drug-likeness (QED) is 0.885. The van der Waals surface area contributed by atoms with Crippen LogP contribution in [0.5, 0.6) is 0 Å². The Bertz CT molecular complexity index is 923. The van der Waals surface area contributed by atoms with Crippen molar-refractivity contribution in [3.8, 4) is 5.69 Å². The summed E-state index contributed by atoms with van der Waals surface area (Å²) in [4.78, 5) is 43.8. The minimum absolute atomic E-state index is 0.197. The van der Waals surface area contributed by atoms with Gasteiger partial charge in [0.05, 0.1) is 12.7 Å². The van der Waals surface area contributed by atoms with Crippen LogP contribution in [-0.2, 0) is 4.79 Å². The summed E-state index contributed by atoms with van der Waals surface area (Å²) >= 11 is 0. The molecule has 0 bridgehead atoms. The lowest BCUT2D eigenvalue weighted by Gasteiger charge is -2.37. The van der Waals surface area contributed by atoms with Crippen molar-refractivity contribution in [2.24, 2.45) is 5.73 Å². The summed E-state index contributed by atoms with van der Waals surface area (Å²) in [7, 11) is 0. The molecule has 1 atom stereocenters. The van der Waals surface area contributed by atoms with Crippen LogP contribution in [0.25, 0.3) is 5.69 Å². The van der Waals surface area contributed by atoms with E-state index in [9.17, 15) is 14.4 Å². The van der Waals surface area contributed by atoms with Gasteiger partial charge in [-0.15, -0.1) is 0 Å². The molecule has 2 aromatic rings. The van der Waals surface area contributed by atoms with Gasteiger partial charge < -0.3 is 10.6 Å². The molecule has 8 heteroatoms. The monoisotopic (exact) mass is 353 g/mol. The van der Waals surface area contributed by atoms with Crippen molar-refractivity contribution >= 4 is 17.6 Å². The lowest BCUT2D eigenvalue weighted by atomic mass is 9.87. The number of carbonyl (C=O) groups excluding carboxylic acids is 2. The highest BCUT2D eigenvalue weighted by Gasteiger charge is 2.54. The summed E-state index contributed by atoms with van der Waals surface area (Å²) in [6.45, 7) is 0.804. The Labute approximate surface area is 149 Å². The number of amides is 3. The van der Waals surface area contributed by atoms with Crippen molar-refractivity contribution < 1.29 is 9.59 Å². The molecule has 3 heterocycles. The number of hydrogen-bond donors (Lipinski definition) is 1. The molecule has 2 aliphatic heterocycles. The van der Waals surface area contributed by atoms with E-state index in [1.54, 1.807) is 40.3 Å². The van der Waals surface area contributed by atoms with Crippen LogP contribution in [0.15, 0.2) is 47.7 Å². The average Bonchev–Trinajstić information content (AvgIpc) is 2.97. The second-order valence-corrected chi connectivity index (χ2v) is 6.67. The molecule has 2 aliphatic rings. The van der Waals surface area contributed by atoms with Crippen molar-refractivity contribution in [2.75, 3.05) is 18.0 Å². The number of piperidine rings is 1. The number of nitrogens with zero attached hydrogens (tertiary/aromatic N) is 4. The highest BCUT2D eigenvalue weighted by molar-refractivity contribution is 6.02.